The highest BCUT2D eigenvalue weighted by atomic mass is 19.1. The average molecular weight is 211 g/mol. The van der Waals surface area contributed by atoms with E-state index in [0.29, 0.717) is 6.42 Å². The molecule has 0 saturated carbocycles. The van der Waals surface area contributed by atoms with Crippen LogP contribution in [0.4, 0.5) is 4.39 Å². The first kappa shape index (κ1) is 12.1. The Morgan fingerprint density at radius 2 is 2.13 bits per heavy atom. The number of benzene rings is 1. The van der Waals surface area contributed by atoms with Crippen molar-refractivity contribution >= 4 is 0 Å². The third-order valence-electron chi connectivity index (χ3n) is 2.57. The molecular formula is C12H18FNO. The van der Waals surface area contributed by atoms with Crippen molar-refractivity contribution in [2.75, 3.05) is 6.61 Å². The molecule has 0 aliphatic heterocycles. The molecule has 84 valence electrons. The van der Waals surface area contributed by atoms with Gasteiger partial charge in [-0.3, -0.25) is 0 Å². The third-order valence-corrected chi connectivity index (χ3v) is 2.57. The zero-order valence-electron chi connectivity index (χ0n) is 9.20. The molecule has 3 N–H and O–H groups in total. The summed E-state index contributed by atoms with van der Waals surface area (Å²) in [5.41, 5.74) is 6.40. The second kappa shape index (κ2) is 4.73. The number of rotatable bonds is 4. The molecular weight excluding hydrogens is 193 g/mol. The minimum Gasteiger partial charge on any atom is -0.396 e. The van der Waals surface area contributed by atoms with Gasteiger partial charge < -0.3 is 10.8 Å². The molecule has 0 fully saturated rings. The molecule has 0 saturated heterocycles. The molecule has 0 radical (unpaired) electrons. The van der Waals surface area contributed by atoms with E-state index in [9.17, 15) is 4.39 Å². The first-order valence-electron chi connectivity index (χ1n) is 5.10. The molecule has 0 bridgehead atoms. The molecule has 0 amide bonds. The van der Waals surface area contributed by atoms with Crippen molar-refractivity contribution in [3.8, 4) is 0 Å². The number of nitrogens with two attached hydrogens (primary N) is 1. The van der Waals surface area contributed by atoms with Crippen molar-refractivity contribution < 1.29 is 9.50 Å². The fraction of sp³-hybridized carbons (Fsp3) is 0.500. The summed E-state index contributed by atoms with van der Waals surface area (Å²) >= 11 is 0. The first-order valence-corrected chi connectivity index (χ1v) is 5.10. The van der Waals surface area contributed by atoms with Crippen LogP contribution in [0, 0.1) is 5.82 Å². The predicted molar refractivity (Wildman–Crippen MR) is 59.1 cm³/mol. The maximum atomic E-state index is 13.1. The summed E-state index contributed by atoms with van der Waals surface area (Å²) in [6, 6.07) is 6.40. The van der Waals surface area contributed by atoms with Gasteiger partial charge in [-0.25, -0.2) is 4.39 Å². The van der Waals surface area contributed by atoms with E-state index in [4.69, 9.17) is 10.8 Å². The van der Waals surface area contributed by atoms with Crippen molar-refractivity contribution in [2.45, 2.75) is 31.7 Å². The fourth-order valence-electron chi connectivity index (χ4n) is 1.82. The Hall–Kier alpha value is -0.930. The van der Waals surface area contributed by atoms with E-state index in [1.807, 2.05) is 19.9 Å². The third kappa shape index (κ3) is 3.29. The number of aliphatic hydroxyl groups excluding tert-OH is 1. The van der Waals surface area contributed by atoms with Crippen molar-refractivity contribution in [3.63, 3.8) is 0 Å². The molecule has 3 heteroatoms. The highest BCUT2D eigenvalue weighted by molar-refractivity contribution is 5.23. The number of hydrogen-bond acceptors (Lipinski definition) is 2. The summed E-state index contributed by atoms with van der Waals surface area (Å²) in [7, 11) is 0. The van der Waals surface area contributed by atoms with Gasteiger partial charge in [0.05, 0.1) is 0 Å². The van der Waals surface area contributed by atoms with E-state index in [1.54, 1.807) is 6.07 Å². The van der Waals surface area contributed by atoms with Crippen LogP contribution in [0.25, 0.3) is 0 Å². The van der Waals surface area contributed by atoms with E-state index in [1.165, 1.54) is 12.1 Å². The lowest BCUT2D eigenvalue weighted by Gasteiger charge is -2.30. The zero-order chi connectivity index (χ0) is 11.5. The fourth-order valence-corrected chi connectivity index (χ4v) is 1.82. The van der Waals surface area contributed by atoms with Gasteiger partial charge in [0.15, 0.2) is 0 Å². The lowest BCUT2D eigenvalue weighted by atomic mass is 9.80. The van der Waals surface area contributed by atoms with Gasteiger partial charge in [0.1, 0.15) is 5.82 Å². The zero-order valence-corrected chi connectivity index (χ0v) is 9.20. The SMILES string of the molecule is CC(C)(N)C(CCO)c1cccc(F)c1. The maximum absolute atomic E-state index is 13.1. The lowest BCUT2D eigenvalue weighted by molar-refractivity contribution is 0.250. The molecule has 0 spiro atoms. The van der Waals surface area contributed by atoms with Crippen LogP contribution < -0.4 is 5.73 Å². The van der Waals surface area contributed by atoms with Gasteiger partial charge in [-0.15, -0.1) is 0 Å². The summed E-state index contributed by atoms with van der Waals surface area (Å²) in [6.45, 7) is 3.83. The average Bonchev–Trinajstić information content (AvgIpc) is 2.12. The molecule has 0 aliphatic rings. The lowest BCUT2D eigenvalue weighted by Crippen LogP contribution is -2.39. The van der Waals surface area contributed by atoms with Crippen molar-refractivity contribution in [1.29, 1.82) is 0 Å². The van der Waals surface area contributed by atoms with Crippen LogP contribution >= 0.6 is 0 Å². The number of hydrogen-bond donors (Lipinski definition) is 2. The van der Waals surface area contributed by atoms with E-state index >= 15 is 0 Å². The van der Waals surface area contributed by atoms with Crippen LogP contribution in [-0.4, -0.2) is 17.3 Å². The van der Waals surface area contributed by atoms with Crippen LogP contribution in [0.5, 0.6) is 0 Å². The van der Waals surface area contributed by atoms with Crippen molar-refractivity contribution in [2.24, 2.45) is 5.73 Å². The second-order valence-electron chi connectivity index (χ2n) is 4.44. The highest BCUT2D eigenvalue weighted by Gasteiger charge is 2.26. The Bertz CT molecular complexity index is 320. The highest BCUT2D eigenvalue weighted by Crippen LogP contribution is 2.29. The van der Waals surface area contributed by atoms with E-state index in [0.717, 1.165) is 5.56 Å². The Balaban J connectivity index is 2.99. The van der Waals surface area contributed by atoms with Gasteiger partial charge in [0.2, 0.25) is 0 Å². The van der Waals surface area contributed by atoms with Gasteiger partial charge in [-0.2, -0.15) is 0 Å². The minimum atomic E-state index is -0.462. The number of halogens is 1. The van der Waals surface area contributed by atoms with Crippen LogP contribution in [0.1, 0.15) is 31.7 Å². The van der Waals surface area contributed by atoms with E-state index < -0.39 is 5.54 Å². The van der Waals surface area contributed by atoms with Crippen molar-refractivity contribution in [1.82, 2.24) is 0 Å². The normalized spacial score (nSPS) is 13.9. The summed E-state index contributed by atoms with van der Waals surface area (Å²) in [5.74, 6) is -0.294. The molecule has 0 aliphatic carbocycles. The standard InChI is InChI=1S/C12H18FNO/c1-12(2,14)11(6-7-15)9-4-3-5-10(13)8-9/h3-5,8,11,15H,6-7,14H2,1-2H3. The summed E-state index contributed by atoms with van der Waals surface area (Å²) in [5, 5.41) is 8.98. The molecule has 0 aromatic heterocycles. The van der Waals surface area contributed by atoms with Crippen LogP contribution in [0.2, 0.25) is 0 Å². The second-order valence-corrected chi connectivity index (χ2v) is 4.44. The molecule has 1 unspecified atom stereocenters. The molecule has 1 aromatic rings. The topological polar surface area (TPSA) is 46.2 Å². The molecule has 15 heavy (non-hydrogen) atoms. The molecule has 2 nitrogen and oxygen atoms in total. The first-order chi connectivity index (χ1) is 6.95. The van der Waals surface area contributed by atoms with Gasteiger partial charge in [-0.1, -0.05) is 12.1 Å². The smallest absolute Gasteiger partial charge is 0.123 e. The Labute approximate surface area is 89.9 Å². The van der Waals surface area contributed by atoms with E-state index in [2.05, 4.69) is 0 Å². The van der Waals surface area contributed by atoms with Crippen LogP contribution in [-0.2, 0) is 0 Å². The van der Waals surface area contributed by atoms with Crippen LogP contribution in [0.3, 0.4) is 0 Å². The van der Waals surface area contributed by atoms with Gasteiger partial charge in [-0.05, 0) is 38.0 Å². The molecule has 1 aromatic carbocycles. The Morgan fingerprint density at radius 1 is 1.47 bits per heavy atom. The summed E-state index contributed by atoms with van der Waals surface area (Å²) < 4.78 is 13.1. The van der Waals surface area contributed by atoms with Gasteiger partial charge in [0, 0.05) is 18.1 Å². The maximum Gasteiger partial charge on any atom is 0.123 e. The summed E-state index contributed by atoms with van der Waals surface area (Å²) in [4.78, 5) is 0. The van der Waals surface area contributed by atoms with E-state index in [-0.39, 0.29) is 18.3 Å². The van der Waals surface area contributed by atoms with Crippen molar-refractivity contribution in [3.05, 3.63) is 35.6 Å². The monoisotopic (exact) mass is 211 g/mol. The Morgan fingerprint density at radius 3 is 2.60 bits per heavy atom. The Kier molecular flexibility index (Phi) is 3.83. The van der Waals surface area contributed by atoms with Gasteiger partial charge in [0.25, 0.3) is 0 Å². The molecule has 1 atom stereocenters. The minimum absolute atomic E-state index is 0.0294. The number of aliphatic hydroxyl groups is 1. The molecule has 0 heterocycles. The van der Waals surface area contributed by atoms with Gasteiger partial charge >= 0.3 is 0 Å². The quantitative estimate of drug-likeness (QED) is 0.800. The largest absolute Gasteiger partial charge is 0.396 e. The summed E-state index contributed by atoms with van der Waals surface area (Å²) in [6.07, 6.45) is 0.549. The predicted octanol–water partition coefficient (Wildman–Crippen LogP) is 2.03. The van der Waals surface area contributed by atoms with Crippen LogP contribution in [0.15, 0.2) is 24.3 Å². The molecule has 1 rings (SSSR count).